The van der Waals surface area contributed by atoms with E-state index in [1.165, 1.54) is 6.07 Å². The Morgan fingerprint density at radius 1 is 0.654 bits per heavy atom. The molecule has 0 bridgehead atoms. The van der Waals surface area contributed by atoms with Crippen LogP contribution < -0.4 is 0 Å². The zero-order valence-electron chi connectivity index (χ0n) is 13.4. The summed E-state index contributed by atoms with van der Waals surface area (Å²) in [5.74, 6) is 0.205. The largest absolute Gasteiger partial charge is 0.504 e. The molecule has 5 rings (SSSR count). The van der Waals surface area contributed by atoms with Gasteiger partial charge >= 0.3 is 0 Å². The van der Waals surface area contributed by atoms with Crippen molar-refractivity contribution < 1.29 is 19.0 Å². The molecule has 2 N–H and O–H groups in total. The van der Waals surface area contributed by atoms with Gasteiger partial charge in [-0.3, -0.25) is 0 Å². The van der Waals surface area contributed by atoms with Gasteiger partial charge in [0.1, 0.15) is 5.52 Å². The summed E-state index contributed by atoms with van der Waals surface area (Å²) in [6.07, 6.45) is 0. The van der Waals surface area contributed by atoms with E-state index in [2.05, 4.69) is 9.97 Å². The molecule has 0 radical (unpaired) electrons. The molecule has 3 aromatic carbocycles. The lowest BCUT2D eigenvalue weighted by Gasteiger charge is -2.01. The second-order valence-corrected chi connectivity index (χ2v) is 5.83. The van der Waals surface area contributed by atoms with Crippen LogP contribution in [0, 0.1) is 0 Å². The molecule has 2 heterocycles. The molecule has 6 heteroatoms. The number of benzene rings is 3. The minimum Gasteiger partial charge on any atom is -0.504 e. The van der Waals surface area contributed by atoms with Crippen molar-refractivity contribution >= 4 is 22.2 Å². The Kier molecular flexibility index (Phi) is 2.99. The number of phenolic OH excluding ortho intramolecular Hbond substituents is 2. The molecule has 0 amide bonds. The molecule has 2 aromatic heterocycles. The minimum absolute atomic E-state index is 0.201. The van der Waals surface area contributed by atoms with Crippen LogP contribution in [0.15, 0.2) is 69.5 Å². The molecule has 0 fully saturated rings. The Morgan fingerprint density at radius 2 is 1.31 bits per heavy atom. The molecule has 0 atom stereocenters. The molecule has 0 saturated carbocycles. The van der Waals surface area contributed by atoms with Crippen LogP contribution in [0.3, 0.4) is 0 Å². The fourth-order valence-corrected chi connectivity index (χ4v) is 2.93. The molecule has 0 spiro atoms. The third-order valence-electron chi connectivity index (χ3n) is 4.19. The van der Waals surface area contributed by atoms with Crippen LogP contribution in [0.1, 0.15) is 0 Å². The number of hydrogen-bond acceptors (Lipinski definition) is 6. The number of phenols is 2. The van der Waals surface area contributed by atoms with Gasteiger partial charge in [-0.05, 0) is 36.4 Å². The molecular formula is C20H12N2O4. The SMILES string of the molecule is Oc1ccc2oc(-c3ccccc3-c3nc4ccccc4o3)nc2c1O. The fraction of sp³-hybridized carbons (Fsp3) is 0. The van der Waals surface area contributed by atoms with Crippen molar-refractivity contribution in [3.8, 4) is 34.4 Å². The lowest BCUT2D eigenvalue weighted by molar-refractivity contribution is 0.407. The highest BCUT2D eigenvalue weighted by atomic mass is 16.4. The zero-order chi connectivity index (χ0) is 17.7. The monoisotopic (exact) mass is 344 g/mol. The molecule has 0 aliphatic heterocycles. The smallest absolute Gasteiger partial charge is 0.228 e. The second kappa shape index (κ2) is 5.35. The van der Waals surface area contributed by atoms with Crippen LogP contribution in [0.4, 0.5) is 0 Å². The average molecular weight is 344 g/mol. The minimum atomic E-state index is -0.308. The summed E-state index contributed by atoms with van der Waals surface area (Å²) in [6, 6.07) is 17.9. The number of nitrogens with zero attached hydrogens (tertiary/aromatic N) is 2. The van der Waals surface area contributed by atoms with Crippen molar-refractivity contribution in [3.63, 3.8) is 0 Å². The van der Waals surface area contributed by atoms with Crippen molar-refractivity contribution in [2.75, 3.05) is 0 Å². The van der Waals surface area contributed by atoms with Crippen molar-refractivity contribution in [1.29, 1.82) is 0 Å². The standard InChI is InChI=1S/C20H12N2O4/c23-14-9-10-16-17(18(14)24)22-20(26-16)12-6-2-1-5-11(12)19-21-13-7-3-4-8-15(13)25-19/h1-10,23-24H. The Labute approximate surface area is 147 Å². The van der Waals surface area contributed by atoms with E-state index >= 15 is 0 Å². The molecular weight excluding hydrogens is 332 g/mol. The summed E-state index contributed by atoms with van der Waals surface area (Å²) in [5, 5.41) is 19.7. The molecule has 5 aromatic rings. The van der Waals surface area contributed by atoms with E-state index in [0.717, 1.165) is 11.1 Å². The molecule has 126 valence electrons. The van der Waals surface area contributed by atoms with E-state index in [4.69, 9.17) is 8.83 Å². The van der Waals surface area contributed by atoms with Gasteiger partial charge in [0.15, 0.2) is 28.2 Å². The van der Waals surface area contributed by atoms with Gasteiger partial charge in [0.05, 0.1) is 0 Å². The maximum atomic E-state index is 10.00. The van der Waals surface area contributed by atoms with Crippen molar-refractivity contribution in [2.45, 2.75) is 0 Å². The normalized spacial score (nSPS) is 11.4. The quantitative estimate of drug-likeness (QED) is 0.450. The Hall–Kier alpha value is -3.80. The van der Waals surface area contributed by atoms with Crippen molar-refractivity contribution in [2.24, 2.45) is 0 Å². The van der Waals surface area contributed by atoms with Crippen LogP contribution in [-0.4, -0.2) is 20.2 Å². The third kappa shape index (κ3) is 2.12. The first-order valence-electron chi connectivity index (χ1n) is 7.97. The number of oxazole rings is 2. The number of rotatable bonds is 2. The summed E-state index contributed by atoms with van der Waals surface area (Å²) in [6.45, 7) is 0. The lowest BCUT2D eigenvalue weighted by Crippen LogP contribution is -1.85. The number of aromatic nitrogens is 2. The van der Waals surface area contributed by atoms with E-state index in [1.54, 1.807) is 6.07 Å². The summed E-state index contributed by atoms with van der Waals surface area (Å²) in [7, 11) is 0. The van der Waals surface area contributed by atoms with Gasteiger partial charge in [0, 0.05) is 11.1 Å². The highest BCUT2D eigenvalue weighted by Gasteiger charge is 2.19. The van der Waals surface area contributed by atoms with E-state index in [9.17, 15) is 10.2 Å². The number of aromatic hydroxyl groups is 2. The number of para-hydroxylation sites is 2. The fourth-order valence-electron chi connectivity index (χ4n) is 2.93. The van der Waals surface area contributed by atoms with E-state index in [1.807, 2.05) is 48.5 Å². The highest BCUT2D eigenvalue weighted by molar-refractivity contribution is 5.87. The van der Waals surface area contributed by atoms with Gasteiger partial charge in [-0.25, -0.2) is 9.97 Å². The van der Waals surface area contributed by atoms with Crippen LogP contribution in [-0.2, 0) is 0 Å². The number of fused-ring (bicyclic) bond motifs is 2. The van der Waals surface area contributed by atoms with Crippen LogP contribution in [0.5, 0.6) is 11.5 Å². The van der Waals surface area contributed by atoms with Crippen molar-refractivity contribution in [3.05, 3.63) is 60.7 Å². The Bertz CT molecular complexity index is 1240. The van der Waals surface area contributed by atoms with Crippen LogP contribution >= 0.6 is 0 Å². The second-order valence-electron chi connectivity index (χ2n) is 5.83. The predicted molar refractivity (Wildman–Crippen MR) is 95.8 cm³/mol. The average Bonchev–Trinajstić information content (AvgIpc) is 3.29. The Balaban J connectivity index is 1.72. The van der Waals surface area contributed by atoms with Crippen LogP contribution in [0.2, 0.25) is 0 Å². The van der Waals surface area contributed by atoms with Gasteiger partial charge in [-0.15, -0.1) is 0 Å². The number of hydrogen-bond donors (Lipinski definition) is 2. The van der Waals surface area contributed by atoms with E-state index in [-0.39, 0.29) is 17.0 Å². The first-order valence-corrected chi connectivity index (χ1v) is 7.97. The maximum Gasteiger partial charge on any atom is 0.228 e. The summed E-state index contributed by atoms with van der Waals surface area (Å²) < 4.78 is 11.6. The Morgan fingerprint density at radius 3 is 2.08 bits per heavy atom. The topological polar surface area (TPSA) is 92.5 Å². The summed E-state index contributed by atoms with van der Waals surface area (Å²) >= 11 is 0. The first kappa shape index (κ1) is 14.5. The summed E-state index contributed by atoms with van der Waals surface area (Å²) in [5.41, 5.74) is 3.43. The highest BCUT2D eigenvalue weighted by Crippen LogP contribution is 2.38. The first-order chi connectivity index (χ1) is 12.7. The van der Waals surface area contributed by atoms with Gasteiger partial charge in [-0.1, -0.05) is 24.3 Å². The van der Waals surface area contributed by atoms with E-state index in [0.29, 0.717) is 28.5 Å². The van der Waals surface area contributed by atoms with Gasteiger partial charge in [0.2, 0.25) is 11.8 Å². The molecule has 0 unspecified atom stereocenters. The van der Waals surface area contributed by atoms with Gasteiger partial charge in [-0.2, -0.15) is 0 Å². The molecule has 0 aliphatic rings. The lowest BCUT2D eigenvalue weighted by atomic mass is 10.1. The molecule has 0 aliphatic carbocycles. The summed E-state index contributed by atoms with van der Waals surface area (Å²) in [4.78, 5) is 8.87. The van der Waals surface area contributed by atoms with Crippen molar-refractivity contribution in [1.82, 2.24) is 9.97 Å². The van der Waals surface area contributed by atoms with E-state index < -0.39 is 0 Å². The van der Waals surface area contributed by atoms with Gasteiger partial charge in [0.25, 0.3) is 0 Å². The molecule has 0 saturated heterocycles. The zero-order valence-corrected chi connectivity index (χ0v) is 13.4. The van der Waals surface area contributed by atoms with Crippen LogP contribution in [0.25, 0.3) is 45.1 Å². The molecule has 6 nitrogen and oxygen atoms in total. The predicted octanol–water partition coefficient (Wildman–Crippen LogP) is 4.71. The third-order valence-corrected chi connectivity index (χ3v) is 4.19. The molecule has 26 heavy (non-hydrogen) atoms. The van der Waals surface area contributed by atoms with Gasteiger partial charge < -0.3 is 19.0 Å². The maximum absolute atomic E-state index is 10.00.